The second-order valence-electron chi connectivity index (χ2n) is 12.6. The van der Waals surface area contributed by atoms with Gasteiger partial charge in [-0.3, -0.25) is 4.79 Å². The van der Waals surface area contributed by atoms with Crippen molar-refractivity contribution in [2.75, 3.05) is 0 Å². The largest absolute Gasteiger partial charge is 0.481 e. The van der Waals surface area contributed by atoms with Crippen LogP contribution in [0.15, 0.2) is 11.1 Å². The number of allylic oxidation sites excluding steroid dienone is 2. The van der Waals surface area contributed by atoms with Gasteiger partial charge in [-0.1, -0.05) is 65.0 Å². The fourth-order valence-electron chi connectivity index (χ4n) is 8.92. The predicted molar refractivity (Wildman–Crippen MR) is 126 cm³/mol. The molecule has 8 atom stereocenters. The molecule has 0 aromatic rings. The molecule has 2 fully saturated rings. The third-order valence-corrected chi connectivity index (χ3v) is 10.6. The zero-order valence-corrected chi connectivity index (χ0v) is 20.6. The first-order chi connectivity index (χ1) is 14.6. The predicted octanol–water partition coefficient (Wildman–Crippen LogP) is 6.84. The van der Waals surface area contributed by atoms with Gasteiger partial charge < -0.3 is 10.2 Å². The number of carboxylic acid groups (broad SMARTS) is 1. The second-order valence-corrected chi connectivity index (χ2v) is 12.6. The van der Waals surface area contributed by atoms with Crippen LogP contribution in [0, 0.1) is 46.3 Å². The smallest absolute Gasteiger partial charge is 0.309 e. The highest BCUT2D eigenvalue weighted by Gasteiger charge is 2.58. The van der Waals surface area contributed by atoms with Crippen LogP contribution >= 0.6 is 0 Å². The Morgan fingerprint density at radius 3 is 2.45 bits per heavy atom. The molecule has 3 heteroatoms. The summed E-state index contributed by atoms with van der Waals surface area (Å²) in [5, 5.41) is 20.4. The Bertz CT molecular complexity index is 724. The van der Waals surface area contributed by atoms with Crippen molar-refractivity contribution in [2.24, 2.45) is 46.3 Å². The van der Waals surface area contributed by atoms with Crippen LogP contribution < -0.4 is 0 Å². The van der Waals surface area contributed by atoms with Gasteiger partial charge in [-0.05, 0) is 91.8 Å². The lowest BCUT2D eigenvalue weighted by molar-refractivity contribution is -0.156. The molecule has 0 heterocycles. The summed E-state index contributed by atoms with van der Waals surface area (Å²) in [6, 6.07) is 0. The van der Waals surface area contributed by atoms with E-state index in [0.29, 0.717) is 17.8 Å². The van der Waals surface area contributed by atoms with E-state index in [-0.39, 0.29) is 11.3 Å². The molecule has 0 unspecified atom stereocenters. The van der Waals surface area contributed by atoms with Gasteiger partial charge in [-0.25, -0.2) is 0 Å². The third kappa shape index (κ3) is 3.81. The maximum Gasteiger partial charge on any atom is 0.309 e. The minimum atomic E-state index is -0.788. The molecule has 0 spiro atoms. The Balaban J connectivity index is 1.57. The highest BCUT2D eigenvalue weighted by Crippen LogP contribution is 2.66. The lowest BCUT2D eigenvalue weighted by Crippen LogP contribution is -2.51. The van der Waals surface area contributed by atoms with Gasteiger partial charge in [-0.2, -0.15) is 0 Å². The van der Waals surface area contributed by atoms with Crippen LogP contribution in [0.2, 0.25) is 0 Å². The molecule has 0 aromatic carbocycles. The summed E-state index contributed by atoms with van der Waals surface area (Å²) < 4.78 is 0. The molecule has 0 bridgehead atoms. The van der Waals surface area contributed by atoms with Gasteiger partial charge >= 0.3 is 5.97 Å². The molecule has 2 N–H and O–H groups in total. The third-order valence-electron chi connectivity index (χ3n) is 10.6. The van der Waals surface area contributed by atoms with Gasteiger partial charge in [0.2, 0.25) is 0 Å². The van der Waals surface area contributed by atoms with Crippen molar-refractivity contribution >= 4 is 5.97 Å². The van der Waals surface area contributed by atoms with Crippen LogP contribution in [-0.2, 0) is 4.79 Å². The van der Waals surface area contributed by atoms with E-state index in [1.807, 2.05) is 0 Å². The lowest BCUT2D eigenvalue weighted by atomic mass is 9.48. The average molecular weight is 431 g/mol. The molecule has 4 aliphatic rings. The van der Waals surface area contributed by atoms with E-state index in [1.54, 1.807) is 11.1 Å². The molecular weight excluding hydrogens is 384 g/mol. The van der Waals surface area contributed by atoms with E-state index in [0.717, 1.165) is 43.4 Å². The van der Waals surface area contributed by atoms with Gasteiger partial charge in [0, 0.05) is 0 Å². The monoisotopic (exact) mass is 430 g/mol. The van der Waals surface area contributed by atoms with Crippen molar-refractivity contribution in [3.8, 4) is 0 Å². The summed E-state index contributed by atoms with van der Waals surface area (Å²) in [4.78, 5) is 12.0. The van der Waals surface area contributed by atoms with E-state index in [4.69, 9.17) is 0 Å². The molecule has 3 nitrogen and oxygen atoms in total. The Morgan fingerprint density at radius 2 is 1.77 bits per heavy atom. The molecule has 0 aromatic heterocycles. The molecule has 2 saturated carbocycles. The van der Waals surface area contributed by atoms with E-state index in [1.165, 1.54) is 38.5 Å². The van der Waals surface area contributed by atoms with E-state index in [9.17, 15) is 15.0 Å². The van der Waals surface area contributed by atoms with Gasteiger partial charge in [-0.15, -0.1) is 0 Å². The van der Waals surface area contributed by atoms with Gasteiger partial charge in [0.15, 0.2) is 0 Å². The first-order valence-corrected chi connectivity index (χ1v) is 13.2. The topological polar surface area (TPSA) is 57.5 Å². The summed E-state index contributed by atoms with van der Waals surface area (Å²) in [6.45, 7) is 12.1. The van der Waals surface area contributed by atoms with Gasteiger partial charge in [0.1, 0.15) is 0 Å². The van der Waals surface area contributed by atoms with Crippen molar-refractivity contribution < 1.29 is 15.0 Å². The summed E-state index contributed by atoms with van der Waals surface area (Å²) in [7, 11) is 0. The number of aliphatic hydroxyl groups is 1. The first-order valence-electron chi connectivity index (χ1n) is 13.2. The molecule has 0 saturated heterocycles. The van der Waals surface area contributed by atoms with E-state index < -0.39 is 18.0 Å². The SMILES string of the molecule is CC(C)CCC[C@@H](C)[C@H]1CC[C@H]2C3=C(CC[C@]12C)[C@@]1(C)CC[C@H](O)[C@@H](C(=O)O)[C@@H]1CC3. The molecule has 0 aliphatic heterocycles. The van der Waals surface area contributed by atoms with E-state index >= 15 is 0 Å². The van der Waals surface area contributed by atoms with Crippen LogP contribution in [0.5, 0.6) is 0 Å². The van der Waals surface area contributed by atoms with Crippen molar-refractivity contribution in [1.29, 1.82) is 0 Å². The molecular formula is C28H46O3. The zero-order valence-electron chi connectivity index (χ0n) is 20.6. The van der Waals surface area contributed by atoms with Crippen LogP contribution in [-0.4, -0.2) is 22.3 Å². The van der Waals surface area contributed by atoms with Crippen LogP contribution in [0.25, 0.3) is 0 Å². The number of hydrogen-bond donors (Lipinski definition) is 2. The fraction of sp³-hybridized carbons (Fsp3) is 0.893. The maximum atomic E-state index is 12.0. The summed E-state index contributed by atoms with van der Waals surface area (Å²) in [6.07, 6.45) is 12.2. The summed E-state index contributed by atoms with van der Waals surface area (Å²) in [5.41, 5.74) is 3.76. The maximum absolute atomic E-state index is 12.0. The van der Waals surface area contributed by atoms with Crippen LogP contribution in [0.1, 0.15) is 105 Å². The quantitative estimate of drug-likeness (QED) is 0.453. The van der Waals surface area contributed by atoms with Crippen molar-refractivity contribution in [1.82, 2.24) is 0 Å². The van der Waals surface area contributed by atoms with Crippen molar-refractivity contribution in [3.05, 3.63) is 11.1 Å². The minimum absolute atomic E-state index is 0.0157. The van der Waals surface area contributed by atoms with Gasteiger partial charge in [0.05, 0.1) is 12.0 Å². The Morgan fingerprint density at radius 1 is 1.03 bits per heavy atom. The highest BCUT2D eigenvalue weighted by molar-refractivity contribution is 5.72. The number of fused-ring (bicyclic) bond motifs is 4. The summed E-state index contributed by atoms with van der Waals surface area (Å²) in [5.74, 6) is 1.89. The normalized spacial score (nSPS) is 43.4. The van der Waals surface area contributed by atoms with Crippen molar-refractivity contribution in [2.45, 2.75) is 111 Å². The molecule has 0 radical (unpaired) electrons. The number of carboxylic acids is 1. The molecule has 31 heavy (non-hydrogen) atoms. The Labute approximate surface area is 190 Å². The molecule has 4 aliphatic carbocycles. The Hall–Kier alpha value is -0.830. The van der Waals surface area contributed by atoms with E-state index in [2.05, 4.69) is 34.6 Å². The molecule has 176 valence electrons. The standard InChI is InChI=1S/C28H46O3/c1-17(2)7-6-8-18(3)20-11-12-21-19-9-10-23-25(26(30)31)24(29)14-16-28(23,5)22(19)13-15-27(20,21)4/h17-18,20-21,23-25,29H,6-16H2,1-5H3,(H,30,31)/t18-,20-,21+,23+,24+,25+,27-,28-/m1/s1. The number of carbonyl (C=O) groups is 1. The molecule has 0 amide bonds. The van der Waals surface area contributed by atoms with Crippen LogP contribution in [0.3, 0.4) is 0 Å². The number of aliphatic hydroxyl groups excluding tert-OH is 1. The average Bonchev–Trinajstić information content (AvgIpc) is 3.05. The summed E-state index contributed by atoms with van der Waals surface area (Å²) >= 11 is 0. The first kappa shape index (κ1) is 23.3. The lowest BCUT2D eigenvalue weighted by Gasteiger charge is -2.56. The second kappa shape index (κ2) is 8.50. The Kier molecular flexibility index (Phi) is 6.40. The minimum Gasteiger partial charge on any atom is -0.481 e. The van der Waals surface area contributed by atoms with Crippen molar-refractivity contribution in [3.63, 3.8) is 0 Å². The number of aliphatic carboxylic acids is 1. The number of hydrogen-bond acceptors (Lipinski definition) is 2. The number of rotatable bonds is 6. The zero-order chi connectivity index (χ0) is 22.6. The fourth-order valence-corrected chi connectivity index (χ4v) is 8.92. The molecule has 4 rings (SSSR count). The van der Waals surface area contributed by atoms with Crippen LogP contribution in [0.4, 0.5) is 0 Å². The van der Waals surface area contributed by atoms with Gasteiger partial charge in [0.25, 0.3) is 0 Å². The highest BCUT2D eigenvalue weighted by atomic mass is 16.4.